The second-order valence-electron chi connectivity index (χ2n) is 7.49. The summed E-state index contributed by atoms with van der Waals surface area (Å²) in [6.07, 6.45) is 3.32. The van der Waals surface area contributed by atoms with Gasteiger partial charge in [0.1, 0.15) is 5.75 Å². The van der Waals surface area contributed by atoms with Crippen LogP contribution < -0.4 is 0 Å². The van der Waals surface area contributed by atoms with Crippen molar-refractivity contribution in [2.75, 3.05) is 0 Å². The number of hydrogen-bond acceptors (Lipinski definition) is 2. The maximum absolute atomic E-state index is 9.76. The first kappa shape index (κ1) is 17.8. The number of benzene rings is 3. The lowest BCUT2D eigenvalue weighted by Crippen LogP contribution is -2.14. The summed E-state index contributed by atoms with van der Waals surface area (Å²) in [5.74, 6) is 0.979. The standard InChI is InChI=1S/C24H21NO.ClH/c1-15-6-12-21-20(14-15)23(17-7-10-18(26)11-8-17)24-19-5-3-2-4-16(19)9-13-22(24)25-21;/h2-5,7-11,13,15,26H,6,12,14H2,1H3;1H. The maximum atomic E-state index is 9.76. The SMILES string of the molecule is CC1CCc2nc3ccc4ccccc4c3c(-c3ccc(O)cc3)c2C1.Cl. The lowest BCUT2D eigenvalue weighted by Gasteiger charge is -2.25. The normalized spacial score (nSPS) is 16.1. The molecule has 1 heterocycles. The highest BCUT2D eigenvalue weighted by atomic mass is 35.5. The third-order valence-corrected chi connectivity index (χ3v) is 5.65. The summed E-state index contributed by atoms with van der Waals surface area (Å²) in [6, 6.07) is 20.5. The van der Waals surface area contributed by atoms with Crippen LogP contribution in [0.3, 0.4) is 0 Å². The van der Waals surface area contributed by atoms with Crippen molar-refractivity contribution in [1.29, 1.82) is 0 Å². The average Bonchev–Trinajstić information content (AvgIpc) is 2.67. The fourth-order valence-electron chi connectivity index (χ4n) is 4.33. The molecule has 0 amide bonds. The van der Waals surface area contributed by atoms with Crippen molar-refractivity contribution in [2.45, 2.75) is 26.2 Å². The van der Waals surface area contributed by atoms with Gasteiger partial charge in [0.25, 0.3) is 0 Å². The number of nitrogens with zero attached hydrogens (tertiary/aromatic N) is 1. The van der Waals surface area contributed by atoms with E-state index in [1.54, 1.807) is 12.1 Å². The van der Waals surface area contributed by atoms with E-state index in [-0.39, 0.29) is 12.4 Å². The summed E-state index contributed by atoms with van der Waals surface area (Å²) >= 11 is 0. The Kier molecular flexibility index (Phi) is 4.53. The summed E-state index contributed by atoms with van der Waals surface area (Å²) in [4.78, 5) is 5.05. The van der Waals surface area contributed by atoms with Crippen molar-refractivity contribution >= 4 is 34.1 Å². The molecule has 0 fully saturated rings. The Labute approximate surface area is 165 Å². The molecule has 2 nitrogen and oxygen atoms in total. The van der Waals surface area contributed by atoms with Gasteiger partial charge in [0.15, 0.2) is 0 Å². The lowest BCUT2D eigenvalue weighted by atomic mass is 9.81. The van der Waals surface area contributed by atoms with Crippen molar-refractivity contribution in [3.05, 3.63) is 71.9 Å². The quantitative estimate of drug-likeness (QED) is 0.395. The molecule has 136 valence electrons. The molecule has 4 aromatic rings. The molecule has 0 radical (unpaired) electrons. The van der Waals surface area contributed by atoms with Crippen LogP contribution >= 0.6 is 12.4 Å². The van der Waals surface area contributed by atoms with Crippen LogP contribution in [-0.2, 0) is 12.8 Å². The molecule has 1 aliphatic rings. The molecule has 0 aliphatic heterocycles. The highest BCUT2D eigenvalue weighted by Crippen LogP contribution is 2.41. The van der Waals surface area contributed by atoms with Crippen LogP contribution in [0.2, 0.25) is 0 Å². The number of fused-ring (bicyclic) bond motifs is 4. The van der Waals surface area contributed by atoms with Crippen LogP contribution in [0.25, 0.3) is 32.8 Å². The Morgan fingerprint density at radius 3 is 2.56 bits per heavy atom. The molecule has 0 saturated heterocycles. The largest absolute Gasteiger partial charge is 0.508 e. The van der Waals surface area contributed by atoms with Gasteiger partial charge in [-0.1, -0.05) is 49.4 Å². The zero-order valence-electron chi connectivity index (χ0n) is 15.3. The van der Waals surface area contributed by atoms with Gasteiger partial charge in [-0.2, -0.15) is 0 Å². The van der Waals surface area contributed by atoms with Gasteiger partial charge in [-0.25, -0.2) is 0 Å². The molecule has 1 unspecified atom stereocenters. The molecule has 1 N–H and O–H groups in total. The van der Waals surface area contributed by atoms with Crippen LogP contribution in [0.1, 0.15) is 24.6 Å². The Bertz CT molecular complexity index is 1130. The molecule has 3 heteroatoms. The van der Waals surface area contributed by atoms with Crippen LogP contribution in [0.4, 0.5) is 0 Å². The van der Waals surface area contributed by atoms with Gasteiger partial charge in [0, 0.05) is 11.1 Å². The fraction of sp³-hybridized carbons (Fsp3) is 0.208. The minimum absolute atomic E-state index is 0. The second-order valence-corrected chi connectivity index (χ2v) is 7.49. The van der Waals surface area contributed by atoms with Crippen molar-refractivity contribution in [3.63, 3.8) is 0 Å². The lowest BCUT2D eigenvalue weighted by molar-refractivity contribution is 0.475. The highest BCUT2D eigenvalue weighted by Gasteiger charge is 2.23. The predicted molar refractivity (Wildman–Crippen MR) is 115 cm³/mol. The highest BCUT2D eigenvalue weighted by molar-refractivity contribution is 6.14. The van der Waals surface area contributed by atoms with Crippen LogP contribution in [0, 0.1) is 5.92 Å². The number of aromatic nitrogens is 1. The van der Waals surface area contributed by atoms with Gasteiger partial charge in [0.05, 0.1) is 5.52 Å². The first-order chi connectivity index (χ1) is 12.7. The Balaban J connectivity index is 0.00000180. The molecule has 27 heavy (non-hydrogen) atoms. The first-order valence-corrected chi connectivity index (χ1v) is 9.33. The number of phenols is 1. The van der Waals surface area contributed by atoms with Gasteiger partial charge in [-0.3, -0.25) is 4.98 Å². The summed E-state index contributed by atoms with van der Waals surface area (Å²) in [7, 11) is 0. The van der Waals surface area contributed by atoms with Gasteiger partial charge >= 0.3 is 0 Å². The van der Waals surface area contributed by atoms with Gasteiger partial charge < -0.3 is 5.11 Å². The third-order valence-electron chi connectivity index (χ3n) is 5.65. The Morgan fingerprint density at radius 2 is 1.74 bits per heavy atom. The van der Waals surface area contributed by atoms with E-state index in [1.807, 2.05) is 12.1 Å². The van der Waals surface area contributed by atoms with Crippen molar-refractivity contribution < 1.29 is 5.11 Å². The number of hydrogen-bond donors (Lipinski definition) is 1. The second kappa shape index (κ2) is 6.86. The van der Waals surface area contributed by atoms with E-state index in [9.17, 15) is 5.11 Å². The van der Waals surface area contributed by atoms with Crippen LogP contribution in [0.15, 0.2) is 60.7 Å². The van der Waals surface area contributed by atoms with E-state index in [4.69, 9.17) is 4.98 Å². The van der Waals surface area contributed by atoms with Gasteiger partial charge in [-0.15, -0.1) is 12.4 Å². The minimum Gasteiger partial charge on any atom is -0.508 e. The van der Waals surface area contributed by atoms with Crippen LogP contribution in [-0.4, -0.2) is 10.1 Å². The monoisotopic (exact) mass is 375 g/mol. The number of aromatic hydroxyl groups is 1. The van der Waals surface area contributed by atoms with E-state index >= 15 is 0 Å². The number of rotatable bonds is 1. The topological polar surface area (TPSA) is 33.1 Å². The zero-order chi connectivity index (χ0) is 17.7. The van der Waals surface area contributed by atoms with Crippen LogP contribution in [0.5, 0.6) is 5.75 Å². The Hall–Kier alpha value is -2.58. The molecule has 0 spiro atoms. The maximum Gasteiger partial charge on any atom is 0.115 e. The summed E-state index contributed by atoms with van der Waals surface area (Å²) in [6.45, 7) is 2.33. The molecule has 1 aliphatic carbocycles. The predicted octanol–water partition coefficient (Wildman–Crippen LogP) is 6.31. The molecule has 3 aromatic carbocycles. The van der Waals surface area contributed by atoms with Crippen molar-refractivity contribution in [1.82, 2.24) is 4.98 Å². The number of phenolic OH excluding ortho intramolecular Hbond substituents is 1. The number of halogens is 1. The summed E-state index contributed by atoms with van der Waals surface area (Å²) < 4.78 is 0. The fourth-order valence-corrected chi connectivity index (χ4v) is 4.33. The molecule has 1 aromatic heterocycles. The first-order valence-electron chi connectivity index (χ1n) is 9.33. The number of aryl methyl sites for hydroxylation is 1. The van der Waals surface area contributed by atoms with E-state index in [2.05, 4.69) is 43.3 Å². The van der Waals surface area contributed by atoms with E-state index < -0.39 is 0 Å². The average molecular weight is 376 g/mol. The summed E-state index contributed by atoms with van der Waals surface area (Å²) in [5, 5.41) is 13.5. The smallest absolute Gasteiger partial charge is 0.115 e. The minimum atomic E-state index is 0. The molecule has 5 rings (SSSR count). The van der Waals surface area contributed by atoms with Crippen molar-refractivity contribution in [3.8, 4) is 16.9 Å². The third kappa shape index (κ3) is 2.94. The van der Waals surface area contributed by atoms with Crippen molar-refractivity contribution in [2.24, 2.45) is 5.92 Å². The van der Waals surface area contributed by atoms with Gasteiger partial charge in [0.2, 0.25) is 0 Å². The molecular formula is C24H22ClNO. The molecule has 0 saturated carbocycles. The molecular weight excluding hydrogens is 354 g/mol. The van der Waals surface area contributed by atoms with Gasteiger partial charge in [-0.05, 0) is 70.8 Å². The zero-order valence-corrected chi connectivity index (χ0v) is 16.1. The molecule has 1 atom stereocenters. The van der Waals surface area contributed by atoms with E-state index in [0.717, 1.165) is 23.9 Å². The Morgan fingerprint density at radius 1 is 0.963 bits per heavy atom. The number of pyridine rings is 1. The summed E-state index contributed by atoms with van der Waals surface area (Å²) in [5.41, 5.74) is 6.16. The van der Waals surface area contributed by atoms with E-state index in [0.29, 0.717) is 11.7 Å². The van der Waals surface area contributed by atoms with E-state index in [1.165, 1.54) is 39.4 Å². The molecule has 0 bridgehead atoms.